The van der Waals surface area contributed by atoms with Gasteiger partial charge in [-0.05, 0) is 23.8 Å². The second kappa shape index (κ2) is 7.78. The van der Waals surface area contributed by atoms with Gasteiger partial charge < -0.3 is 9.84 Å². The Balaban J connectivity index is 1.44. The van der Waals surface area contributed by atoms with E-state index in [0.29, 0.717) is 17.0 Å². The molecule has 4 aromatic rings. The van der Waals surface area contributed by atoms with E-state index in [0.717, 1.165) is 5.56 Å². The van der Waals surface area contributed by atoms with Crippen LogP contribution in [0.1, 0.15) is 21.6 Å². The van der Waals surface area contributed by atoms with Gasteiger partial charge in [-0.1, -0.05) is 35.5 Å². The molecule has 0 radical (unpaired) electrons. The van der Waals surface area contributed by atoms with Crippen molar-refractivity contribution in [1.29, 1.82) is 5.26 Å². The highest BCUT2D eigenvalue weighted by molar-refractivity contribution is 6.03. The van der Waals surface area contributed by atoms with Crippen molar-refractivity contribution in [2.75, 3.05) is 5.32 Å². The maximum atomic E-state index is 13.6. The Labute approximate surface area is 165 Å². The molecular weight excluding hydrogens is 373 g/mol. The molecule has 0 aliphatic carbocycles. The van der Waals surface area contributed by atoms with Crippen LogP contribution in [0.2, 0.25) is 0 Å². The third kappa shape index (κ3) is 4.20. The molecule has 8 heteroatoms. The number of aromatic nitrogens is 3. The summed E-state index contributed by atoms with van der Waals surface area (Å²) in [6.45, 7) is 0.254. The predicted molar refractivity (Wildman–Crippen MR) is 102 cm³/mol. The van der Waals surface area contributed by atoms with E-state index in [2.05, 4.69) is 15.6 Å². The van der Waals surface area contributed by atoms with Gasteiger partial charge in [0.25, 0.3) is 5.91 Å². The van der Waals surface area contributed by atoms with Crippen molar-refractivity contribution >= 4 is 11.6 Å². The molecule has 0 bridgehead atoms. The number of nitrogens with one attached hydrogen (secondary N) is 1. The molecule has 2 heterocycles. The molecule has 0 unspecified atom stereocenters. The molecule has 2 aromatic heterocycles. The minimum atomic E-state index is -0.486. The number of rotatable bonds is 5. The first-order chi connectivity index (χ1) is 14.1. The maximum absolute atomic E-state index is 13.6. The van der Waals surface area contributed by atoms with E-state index >= 15 is 0 Å². The number of benzene rings is 2. The van der Waals surface area contributed by atoms with E-state index in [1.54, 1.807) is 18.3 Å². The zero-order chi connectivity index (χ0) is 20.2. The predicted octanol–water partition coefficient (Wildman–Crippen LogP) is 3.85. The Morgan fingerprint density at radius 3 is 2.83 bits per heavy atom. The molecule has 0 aliphatic rings. The fourth-order valence-electron chi connectivity index (χ4n) is 2.82. The number of hydrogen-bond acceptors (Lipinski definition) is 5. The highest BCUT2D eigenvalue weighted by atomic mass is 19.1. The Kier molecular flexibility index (Phi) is 4.86. The van der Waals surface area contributed by atoms with Gasteiger partial charge in [0.1, 0.15) is 5.82 Å². The fraction of sp³-hybridized carbons (Fsp3) is 0.0476. The zero-order valence-electron chi connectivity index (χ0n) is 15.0. The molecule has 4 rings (SSSR count). The first-order valence-corrected chi connectivity index (χ1v) is 8.66. The van der Waals surface area contributed by atoms with Crippen LogP contribution in [0, 0.1) is 17.1 Å². The van der Waals surface area contributed by atoms with Gasteiger partial charge in [-0.15, -0.1) is 0 Å². The Morgan fingerprint density at radius 2 is 2.03 bits per heavy atom. The standard InChI is InChI=1S/C21H14FN5O2/c22-17-7-14(10-23)6-15(8-17)12-27-13-18(11-24-27)25-21(28)19-9-20(29-26-19)16-4-2-1-3-5-16/h1-9,11,13H,12H2,(H,25,28). The summed E-state index contributed by atoms with van der Waals surface area (Å²) in [6.07, 6.45) is 3.08. The van der Waals surface area contributed by atoms with Gasteiger partial charge in [0.2, 0.25) is 0 Å². The summed E-state index contributed by atoms with van der Waals surface area (Å²) in [5.41, 5.74) is 2.24. The lowest BCUT2D eigenvalue weighted by atomic mass is 10.1. The van der Waals surface area contributed by atoms with Crippen molar-refractivity contribution in [3.05, 3.63) is 89.6 Å². The van der Waals surface area contributed by atoms with Gasteiger partial charge in [0.15, 0.2) is 11.5 Å². The smallest absolute Gasteiger partial charge is 0.277 e. The van der Waals surface area contributed by atoms with Crippen molar-refractivity contribution in [2.45, 2.75) is 6.54 Å². The van der Waals surface area contributed by atoms with Gasteiger partial charge >= 0.3 is 0 Å². The van der Waals surface area contributed by atoms with Crippen LogP contribution in [-0.4, -0.2) is 20.8 Å². The topological polar surface area (TPSA) is 96.7 Å². The molecule has 0 saturated carbocycles. The van der Waals surface area contributed by atoms with Crippen molar-refractivity contribution in [1.82, 2.24) is 14.9 Å². The van der Waals surface area contributed by atoms with Crippen molar-refractivity contribution < 1.29 is 13.7 Å². The number of halogens is 1. The molecule has 1 N–H and O–H groups in total. The minimum Gasteiger partial charge on any atom is -0.355 e. The fourth-order valence-corrected chi connectivity index (χ4v) is 2.82. The van der Waals surface area contributed by atoms with E-state index in [-0.39, 0.29) is 17.8 Å². The summed E-state index contributed by atoms with van der Waals surface area (Å²) in [4.78, 5) is 12.4. The van der Waals surface area contributed by atoms with Crippen LogP contribution < -0.4 is 5.32 Å². The highest BCUT2D eigenvalue weighted by Gasteiger charge is 2.14. The molecule has 0 fully saturated rings. The van der Waals surface area contributed by atoms with Crippen LogP contribution in [0.25, 0.3) is 11.3 Å². The number of anilines is 1. The lowest BCUT2D eigenvalue weighted by Crippen LogP contribution is -2.11. The molecule has 1 amide bonds. The maximum Gasteiger partial charge on any atom is 0.277 e. The molecule has 7 nitrogen and oxygen atoms in total. The summed E-state index contributed by atoms with van der Waals surface area (Å²) in [5, 5.41) is 19.6. The van der Waals surface area contributed by atoms with Crippen LogP contribution in [0.4, 0.5) is 10.1 Å². The van der Waals surface area contributed by atoms with E-state index in [4.69, 9.17) is 9.78 Å². The zero-order valence-corrected chi connectivity index (χ0v) is 15.0. The van der Waals surface area contributed by atoms with Crippen LogP contribution in [0.5, 0.6) is 0 Å². The van der Waals surface area contributed by atoms with Crippen LogP contribution in [-0.2, 0) is 6.54 Å². The third-order valence-electron chi connectivity index (χ3n) is 4.12. The summed E-state index contributed by atoms with van der Waals surface area (Å²) in [6, 6.07) is 16.9. The molecule has 2 aromatic carbocycles. The molecule has 0 aliphatic heterocycles. The molecule has 0 atom stereocenters. The highest BCUT2D eigenvalue weighted by Crippen LogP contribution is 2.20. The molecule has 0 spiro atoms. The normalized spacial score (nSPS) is 10.5. The largest absolute Gasteiger partial charge is 0.355 e. The van der Waals surface area contributed by atoms with Crippen LogP contribution in [0.15, 0.2) is 71.5 Å². The number of carbonyl (C=O) groups is 1. The van der Waals surface area contributed by atoms with Crippen molar-refractivity contribution in [2.24, 2.45) is 0 Å². The summed E-state index contributed by atoms with van der Waals surface area (Å²) in [5.74, 6) is -0.432. The van der Waals surface area contributed by atoms with E-state index in [9.17, 15) is 9.18 Å². The first-order valence-electron chi connectivity index (χ1n) is 8.66. The number of nitrogens with zero attached hydrogens (tertiary/aromatic N) is 4. The van der Waals surface area contributed by atoms with E-state index in [1.807, 2.05) is 36.4 Å². The Morgan fingerprint density at radius 1 is 1.21 bits per heavy atom. The Hall–Kier alpha value is -4.25. The average molecular weight is 387 g/mol. The summed E-state index contributed by atoms with van der Waals surface area (Å²) in [7, 11) is 0. The summed E-state index contributed by atoms with van der Waals surface area (Å²) >= 11 is 0. The third-order valence-corrected chi connectivity index (χ3v) is 4.12. The van der Waals surface area contributed by atoms with Crippen LogP contribution in [0.3, 0.4) is 0 Å². The van der Waals surface area contributed by atoms with Gasteiger partial charge in [-0.2, -0.15) is 10.4 Å². The van der Waals surface area contributed by atoms with Gasteiger partial charge in [-0.25, -0.2) is 4.39 Å². The number of hydrogen-bond donors (Lipinski definition) is 1. The monoisotopic (exact) mass is 387 g/mol. The SMILES string of the molecule is N#Cc1cc(F)cc(Cn2cc(NC(=O)c3cc(-c4ccccc4)on3)cn2)c1. The van der Waals surface area contributed by atoms with Gasteiger partial charge in [0, 0.05) is 17.8 Å². The average Bonchev–Trinajstić information content (AvgIpc) is 3.38. The second-order valence-electron chi connectivity index (χ2n) is 6.28. The number of nitriles is 1. The Bertz CT molecular complexity index is 1210. The van der Waals surface area contributed by atoms with E-state index in [1.165, 1.54) is 23.0 Å². The lowest BCUT2D eigenvalue weighted by Gasteiger charge is -2.03. The number of carbonyl (C=O) groups excluding carboxylic acids is 1. The second-order valence-corrected chi connectivity index (χ2v) is 6.28. The quantitative estimate of drug-likeness (QED) is 0.561. The van der Waals surface area contributed by atoms with Crippen molar-refractivity contribution in [3.8, 4) is 17.4 Å². The van der Waals surface area contributed by atoms with Crippen molar-refractivity contribution in [3.63, 3.8) is 0 Å². The van der Waals surface area contributed by atoms with Crippen LogP contribution >= 0.6 is 0 Å². The van der Waals surface area contributed by atoms with E-state index < -0.39 is 11.7 Å². The lowest BCUT2D eigenvalue weighted by molar-refractivity contribution is 0.101. The summed E-state index contributed by atoms with van der Waals surface area (Å²) < 4.78 is 20.3. The first kappa shape index (κ1) is 18.1. The molecule has 142 valence electrons. The van der Waals surface area contributed by atoms with Gasteiger partial charge in [-0.3, -0.25) is 9.48 Å². The minimum absolute atomic E-state index is 0.139. The molecule has 0 saturated heterocycles. The van der Waals surface area contributed by atoms with Gasteiger partial charge in [0.05, 0.1) is 30.1 Å². The molecule has 29 heavy (non-hydrogen) atoms. The molecular formula is C21H14FN5O2. The number of amides is 1.